The van der Waals surface area contributed by atoms with E-state index in [1.165, 1.54) is 17.6 Å². The molecule has 0 spiro atoms. The van der Waals surface area contributed by atoms with Gasteiger partial charge in [-0.3, -0.25) is 4.90 Å². The third-order valence-electron chi connectivity index (χ3n) is 3.10. The van der Waals surface area contributed by atoms with E-state index in [0.717, 1.165) is 26.2 Å². The van der Waals surface area contributed by atoms with E-state index in [-0.39, 0.29) is 10.8 Å². The van der Waals surface area contributed by atoms with Gasteiger partial charge in [-0.15, -0.1) is 0 Å². The minimum Gasteiger partial charge on any atom is -0.389 e. The maximum absolute atomic E-state index is 13.8. The molecule has 0 bridgehead atoms. The van der Waals surface area contributed by atoms with Crippen LogP contribution >= 0.6 is 24.0 Å². The van der Waals surface area contributed by atoms with Gasteiger partial charge < -0.3 is 11.1 Å². The van der Waals surface area contributed by atoms with Crippen molar-refractivity contribution < 1.29 is 4.39 Å². The van der Waals surface area contributed by atoms with Crippen molar-refractivity contribution in [2.24, 2.45) is 5.73 Å². The first-order valence-corrected chi connectivity index (χ1v) is 7.86. The number of thiocarbonyl (C=S) groups is 1. The molecule has 1 fully saturated rings. The van der Waals surface area contributed by atoms with E-state index in [4.69, 9.17) is 18.0 Å². The maximum Gasteiger partial charge on any atom is 0.146 e. The summed E-state index contributed by atoms with van der Waals surface area (Å²) < 4.78 is 13.8. The molecule has 0 atom stereocenters. The molecule has 1 aromatic rings. The standard InChI is InChI=1S/C13H18FN3S2/c14-11-9-10(13(15)18)1-2-12(11)16-3-4-17-5-7-19-8-6-17/h1-2,9,16H,3-8H2,(H2,15,18). The van der Waals surface area contributed by atoms with Gasteiger partial charge in [0, 0.05) is 43.2 Å². The monoisotopic (exact) mass is 299 g/mol. The summed E-state index contributed by atoms with van der Waals surface area (Å²) in [5, 5.41) is 3.12. The quantitative estimate of drug-likeness (QED) is 0.813. The fraction of sp³-hybridized carbons (Fsp3) is 0.462. The molecule has 6 heteroatoms. The van der Waals surface area contributed by atoms with Crippen LogP contribution in [0.1, 0.15) is 5.56 Å². The highest BCUT2D eigenvalue weighted by Gasteiger charge is 2.10. The van der Waals surface area contributed by atoms with Gasteiger partial charge in [-0.25, -0.2) is 4.39 Å². The van der Waals surface area contributed by atoms with Crippen molar-refractivity contribution in [2.75, 3.05) is 43.0 Å². The molecule has 1 saturated heterocycles. The Bertz CT molecular complexity index is 448. The van der Waals surface area contributed by atoms with Crippen LogP contribution in [0.15, 0.2) is 18.2 Å². The van der Waals surface area contributed by atoms with Crippen molar-refractivity contribution in [3.8, 4) is 0 Å². The summed E-state index contributed by atoms with van der Waals surface area (Å²) in [6.07, 6.45) is 0. The number of anilines is 1. The Hall–Kier alpha value is -0.850. The molecule has 1 aromatic carbocycles. The highest BCUT2D eigenvalue weighted by Crippen LogP contribution is 2.16. The van der Waals surface area contributed by atoms with Crippen LogP contribution in [0, 0.1) is 5.82 Å². The second-order valence-corrected chi connectivity index (χ2v) is 6.10. The number of nitrogens with two attached hydrogens (primary N) is 1. The van der Waals surface area contributed by atoms with E-state index in [9.17, 15) is 4.39 Å². The van der Waals surface area contributed by atoms with Crippen molar-refractivity contribution >= 4 is 34.7 Å². The average molecular weight is 299 g/mol. The SMILES string of the molecule is NC(=S)c1ccc(NCCN2CCSCC2)c(F)c1. The fourth-order valence-electron chi connectivity index (χ4n) is 1.99. The molecular formula is C13H18FN3S2. The lowest BCUT2D eigenvalue weighted by molar-refractivity contribution is 0.314. The van der Waals surface area contributed by atoms with Crippen molar-refractivity contribution in [2.45, 2.75) is 0 Å². The lowest BCUT2D eigenvalue weighted by atomic mass is 10.2. The Morgan fingerprint density at radius 1 is 1.42 bits per heavy atom. The predicted molar refractivity (Wildman–Crippen MR) is 84.5 cm³/mol. The Balaban J connectivity index is 1.83. The first-order valence-electron chi connectivity index (χ1n) is 6.30. The number of thioether (sulfide) groups is 1. The van der Waals surface area contributed by atoms with E-state index in [2.05, 4.69) is 10.2 Å². The third-order valence-corrected chi connectivity index (χ3v) is 4.28. The molecule has 1 heterocycles. The highest BCUT2D eigenvalue weighted by atomic mass is 32.2. The van der Waals surface area contributed by atoms with Gasteiger partial charge in [-0.05, 0) is 18.2 Å². The first kappa shape index (κ1) is 14.6. The molecule has 0 amide bonds. The minimum atomic E-state index is -0.306. The predicted octanol–water partition coefficient (Wildman–Crippen LogP) is 1.92. The van der Waals surface area contributed by atoms with Crippen molar-refractivity contribution in [1.82, 2.24) is 4.90 Å². The Kier molecular flexibility index (Phi) is 5.42. The van der Waals surface area contributed by atoms with E-state index in [1.807, 2.05) is 11.8 Å². The topological polar surface area (TPSA) is 41.3 Å². The molecule has 104 valence electrons. The Morgan fingerprint density at radius 3 is 2.79 bits per heavy atom. The number of nitrogens with zero attached hydrogens (tertiary/aromatic N) is 1. The van der Waals surface area contributed by atoms with Gasteiger partial charge in [0.2, 0.25) is 0 Å². The van der Waals surface area contributed by atoms with Gasteiger partial charge in [0.15, 0.2) is 0 Å². The zero-order valence-electron chi connectivity index (χ0n) is 10.7. The van der Waals surface area contributed by atoms with Gasteiger partial charge in [0.1, 0.15) is 10.8 Å². The van der Waals surface area contributed by atoms with Crippen molar-refractivity contribution in [3.63, 3.8) is 0 Å². The number of halogens is 1. The summed E-state index contributed by atoms with van der Waals surface area (Å²) in [4.78, 5) is 2.61. The van der Waals surface area contributed by atoms with E-state index >= 15 is 0 Å². The lowest BCUT2D eigenvalue weighted by Gasteiger charge is -2.26. The van der Waals surface area contributed by atoms with E-state index in [1.54, 1.807) is 12.1 Å². The molecule has 1 aliphatic heterocycles. The summed E-state index contributed by atoms with van der Waals surface area (Å²) in [5.74, 6) is 2.08. The fourth-order valence-corrected chi connectivity index (χ4v) is 3.09. The molecule has 0 radical (unpaired) electrons. The van der Waals surface area contributed by atoms with Crippen LogP contribution < -0.4 is 11.1 Å². The van der Waals surface area contributed by atoms with E-state index < -0.39 is 0 Å². The second kappa shape index (κ2) is 7.07. The summed E-state index contributed by atoms with van der Waals surface area (Å²) in [6.45, 7) is 3.93. The summed E-state index contributed by atoms with van der Waals surface area (Å²) in [5.41, 5.74) is 6.53. The third kappa shape index (κ3) is 4.33. The van der Waals surface area contributed by atoms with Crippen LogP contribution in [-0.4, -0.2) is 47.6 Å². The van der Waals surface area contributed by atoms with Crippen molar-refractivity contribution in [1.29, 1.82) is 0 Å². The van der Waals surface area contributed by atoms with E-state index in [0.29, 0.717) is 11.3 Å². The molecular weight excluding hydrogens is 281 g/mol. The average Bonchev–Trinajstić information content (AvgIpc) is 2.41. The highest BCUT2D eigenvalue weighted by molar-refractivity contribution is 7.99. The molecule has 1 aliphatic rings. The minimum absolute atomic E-state index is 0.219. The van der Waals surface area contributed by atoms with Crippen LogP contribution in [0.4, 0.5) is 10.1 Å². The first-order chi connectivity index (χ1) is 9.16. The Morgan fingerprint density at radius 2 is 2.16 bits per heavy atom. The number of hydrogen-bond donors (Lipinski definition) is 2. The van der Waals surface area contributed by atoms with Crippen LogP contribution in [0.3, 0.4) is 0 Å². The second-order valence-electron chi connectivity index (χ2n) is 4.44. The molecule has 3 nitrogen and oxygen atoms in total. The zero-order valence-corrected chi connectivity index (χ0v) is 12.3. The van der Waals surface area contributed by atoms with Crippen molar-refractivity contribution in [3.05, 3.63) is 29.6 Å². The zero-order chi connectivity index (χ0) is 13.7. The number of hydrogen-bond acceptors (Lipinski definition) is 4. The number of nitrogens with one attached hydrogen (secondary N) is 1. The van der Waals surface area contributed by atoms with Crippen LogP contribution in [0.2, 0.25) is 0 Å². The normalized spacial score (nSPS) is 16.3. The Labute approximate surface area is 122 Å². The maximum atomic E-state index is 13.8. The molecule has 0 unspecified atom stereocenters. The number of benzene rings is 1. The van der Waals surface area contributed by atoms with Gasteiger partial charge in [-0.1, -0.05) is 12.2 Å². The summed E-state index contributed by atoms with van der Waals surface area (Å²) in [6, 6.07) is 4.81. The summed E-state index contributed by atoms with van der Waals surface area (Å²) >= 11 is 6.81. The molecule has 0 aliphatic carbocycles. The van der Waals surface area contributed by atoms with Crippen LogP contribution in [0.5, 0.6) is 0 Å². The lowest BCUT2D eigenvalue weighted by Crippen LogP contribution is -2.36. The van der Waals surface area contributed by atoms with Gasteiger partial charge in [-0.2, -0.15) is 11.8 Å². The van der Waals surface area contributed by atoms with Gasteiger partial charge in [0.05, 0.1) is 5.69 Å². The smallest absolute Gasteiger partial charge is 0.146 e. The number of rotatable bonds is 5. The summed E-state index contributed by atoms with van der Waals surface area (Å²) in [7, 11) is 0. The van der Waals surface area contributed by atoms with Crippen LogP contribution in [-0.2, 0) is 0 Å². The molecule has 0 aromatic heterocycles. The van der Waals surface area contributed by atoms with Gasteiger partial charge in [0.25, 0.3) is 0 Å². The molecule has 0 saturated carbocycles. The molecule has 19 heavy (non-hydrogen) atoms. The molecule has 3 N–H and O–H groups in total. The molecule has 2 rings (SSSR count). The largest absolute Gasteiger partial charge is 0.389 e. The van der Waals surface area contributed by atoms with Crippen LogP contribution in [0.25, 0.3) is 0 Å². The van der Waals surface area contributed by atoms with Gasteiger partial charge >= 0.3 is 0 Å².